The van der Waals surface area contributed by atoms with E-state index in [0.717, 1.165) is 25.0 Å². The number of hydrogen-bond acceptors (Lipinski definition) is 3. The highest BCUT2D eigenvalue weighted by Crippen LogP contribution is 2.57. The van der Waals surface area contributed by atoms with Gasteiger partial charge in [0.1, 0.15) is 6.29 Å². The Morgan fingerprint density at radius 1 is 1.24 bits per heavy atom. The summed E-state index contributed by atoms with van der Waals surface area (Å²) in [4.78, 5) is 20.9. The molecule has 0 bridgehead atoms. The minimum absolute atomic E-state index is 0.101. The molecule has 4 aliphatic carbocycles. The Bertz CT molecular complexity index is 642. The second-order valence-corrected chi connectivity index (χ2v) is 7.93. The van der Waals surface area contributed by atoms with Crippen LogP contribution in [0.5, 0.6) is 0 Å². The van der Waals surface area contributed by atoms with Crippen LogP contribution in [0.4, 0.5) is 0 Å². The zero-order valence-electron chi connectivity index (χ0n) is 19.1. The molecule has 0 aliphatic heterocycles. The lowest BCUT2D eigenvalue weighted by Gasteiger charge is -2.47. The van der Waals surface area contributed by atoms with Gasteiger partial charge < -0.3 is 9.53 Å². The smallest absolute Gasteiger partial charge is 0.156 e. The van der Waals surface area contributed by atoms with E-state index in [1.165, 1.54) is 18.4 Å². The lowest BCUT2D eigenvalue weighted by molar-refractivity contribution is -0.115. The van der Waals surface area contributed by atoms with Gasteiger partial charge in [0.05, 0.1) is 6.10 Å². The van der Waals surface area contributed by atoms with Crippen LogP contribution in [0.3, 0.4) is 0 Å². The molecule has 0 amide bonds. The van der Waals surface area contributed by atoms with E-state index >= 15 is 0 Å². The molecule has 0 radical (unpaired) electrons. The zero-order valence-corrected chi connectivity index (χ0v) is 19.1. The van der Waals surface area contributed by atoms with Gasteiger partial charge in [-0.05, 0) is 49.2 Å². The molecule has 0 aromatic rings. The maximum absolute atomic E-state index is 11.7. The minimum Gasteiger partial charge on any atom is -0.381 e. The van der Waals surface area contributed by atoms with Crippen LogP contribution < -0.4 is 0 Å². The highest BCUT2D eigenvalue weighted by molar-refractivity contribution is 5.92. The van der Waals surface area contributed by atoms with E-state index < -0.39 is 0 Å². The average Bonchev–Trinajstić information content (AvgIpc) is 3.21. The predicted molar refractivity (Wildman–Crippen MR) is 122 cm³/mol. The van der Waals surface area contributed by atoms with Crippen molar-refractivity contribution < 1.29 is 14.3 Å². The Labute approximate surface area is 178 Å². The average molecular weight is 401 g/mol. The molecule has 3 nitrogen and oxygen atoms in total. The van der Waals surface area contributed by atoms with E-state index in [4.69, 9.17) is 4.74 Å². The molecule has 0 saturated heterocycles. The number of carbonyl (C=O) groups excluding carboxylic acids is 2. The number of allylic oxidation sites excluding steroid dienone is 6. The number of aldehydes is 1. The van der Waals surface area contributed by atoms with Crippen LogP contribution in [-0.2, 0) is 14.3 Å². The Morgan fingerprint density at radius 2 is 1.90 bits per heavy atom. The van der Waals surface area contributed by atoms with Gasteiger partial charge in [-0.15, -0.1) is 13.2 Å². The van der Waals surface area contributed by atoms with Crippen LogP contribution in [0.25, 0.3) is 0 Å². The highest BCUT2D eigenvalue weighted by atomic mass is 16.5. The fourth-order valence-electron chi connectivity index (χ4n) is 5.27. The van der Waals surface area contributed by atoms with Crippen molar-refractivity contribution in [3.63, 3.8) is 0 Å². The van der Waals surface area contributed by atoms with Crippen molar-refractivity contribution in [3.8, 4) is 0 Å². The van der Waals surface area contributed by atoms with Crippen LogP contribution in [-0.4, -0.2) is 25.3 Å². The third kappa shape index (κ3) is 5.25. The quantitative estimate of drug-likeness (QED) is 0.406. The maximum atomic E-state index is 11.7. The second kappa shape index (κ2) is 12.1. The summed E-state index contributed by atoms with van der Waals surface area (Å²) < 4.78 is 5.70. The van der Waals surface area contributed by atoms with Crippen LogP contribution in [0, 0.1) is 23.2 Å². The first-order valence-electron chi connectivity index (χ1n) is 11.1. The lowest BCUT2D eigenvalue weighted by atomic mass is 9.57. The highest BCUT2D eigenvalue weighted by Gasteiger charge is 2.49. The molecule has 4 aliphatic rings. The molecule has 1 fully saturated rings. The molecule has 5 atom stereocenters. The summed E-state index contributed by atoms with van der Waals surface area (Å²) in [5.41, 5.74) is 2.92. The van der Waals surface area contributed by atoms with E-state index in [0.29, 0.717) is 36.6 Å². The summed E-state index contributed by atoms with van der Waals surface area (Å²) in [6, 6.07) is 0. The first-order valence-corrected chi connectivity index (χ1v) is 11.1. The molecule has 0 N–H and O–H groups in total. The fraction of sp³-hybridized carbons (Fsp3) is 0.615. The van der Waals surface area contributed by atoms with Gasteiger partial charge in [0.2, 0.25) is 0 Å². The van der Waals surface area contributed by atoms with Gasteiger partial charge in [-0.2, -0.15) is 0 Å². The van der Waals surface area contributed by atoms with Crippen molar-refractivity contribution in [1.29, 1.82) is 0 Å². The van der Waals surface area contributed by atoms with Crippen LogP contribution in [0.2, 0.25) is 0 Å². The van der Waals surface area contributed by atoms with Gasteiger partial charge in [-0.25, -0.2) is 0 Å². The standard InChI is InChI=1S/C19H24O2.C3H6O.C2H6.C2H4/c1-19-10-9-13(20)11-12(19)3-4-15-14-6-8-18(21-2)16(14)5-7-17(15)19;1-2-3-4;2*1-2/h3-4,7,11,14-16,18H,5-6,8-10H2,1-2H3;3H,2H2,1H3;1-2H3;1-2H2. The Balaban J connectivity index is 0.000000463. The number of methoxy groups -OCH3 is 1. The minimum atomic E-state index is 0.101. The number of ketones is 1. The Morgan fingerprint density at radius 3 is 2.48 bits per heavy atom. The molecular weight excluding hydrogens is 360 g/mol. The summed E-state index contributed by atoms with van der Waals surface area (Å²) in [6.07, 6.45) is 16.3. The summed E-state index contributed by atoms with van der Waals surface area (Å²) in [7, 11) is 1.86. The number of rotatable bonds is 2. The van der Waals surface area contributed by atoms with E-state index in [2.05, 4.69) is 38.3 Å². The molecule has 5 unspecified atom stereocenters. The summed E-state index contributed by atoms with van der Waals surface area (Å²) in [5.74, 6) is 2.29. The van der Waals surface area contributed by atoms with Crippen molar-refractivity contribution in [2.24, 2.45) is 23.2 Å². The van der Waals surface area contributed by atoms with Gasteiger partial charge in [0, 0.05) is 31.3 Å². The van der Waals surface area contributed by atoms with Gasteiger partial charge in [0.25, 0.3) is 0 Å². The van der Waals surface area contributed by atoms with Crippen LogP contribution in [0.15, 0.2) is 48.6 Å². The van der Waals surface area contributed by atoms with Crippen molar-refractivity contribution in [2.45, 2.75) is 72.3 Å². The zero-order chi connectivity index (χ0) is 22.0. The summed E-state index contributed by atoms with van der Waals surface area (Å²) in [5, 5.41) is 0. The molecule has 3 heteroatoms. The van der Waals surface area contributed by atoms with Crippen molar-refractivity contribution in [1.82, 2.24) is 0 Å². The van der Waals surface area contributed by atoms with Crippen LogP contribution in [0.1, 0.15) is 66.2 Å². The molecule has 162 valence electrons. The maximum Gasteiger partial charge on any atom is 0.156 e. The van der Waals surface area contributed by atoms with E-state index in [1.54, 1.807) is 5.57 Å². The van der Waals surface area contributed by atoms with Gasteiger partial charge >= 0.3 is 0 Å². The van der Waals surface area contributed by atoms with E-state index in [9.17, 15) is 9.59 Å². The third-order valence-electron chi connectivity index (χ3n) is 6.66. The first kappa shape index (κ1) is 25.3. The lowest BCUT2D eigenvalue weighted by Crippen LogP contribution is -2.39. The predicted octanol–water partition coefficient (Wildman–Crippen LogP) is 6.26. The molecule has 29 heavy (non-hydrogen) atoms. The van der Waals surface area contributed by atoms with Crippen molar-refractivity contribution in [2.75, 3.05) is 7.11 Å². The fourth-order valence-corrected chi connectivity index (χ4v) is 5.27. The summed E-state index contributed by atoms with van der Waals surface area (Å²) >= 11 is 0. The molecule has 0 aromatic heterocycles. The Kier molecular flexibility index (Phi) is 10.5. The topological polar surface area (TPSA) is 43.4 Å². The van der Waals surface area contributed by atoms with Gasteiger partial charge in [-0.3, -0.25) is 4.79 Å². The van der Waals surface area contributed by atoms with E-state index in [1.807, 2.05) is 34.0 Å². The molecule has 0 aromatic carbocycles. The van der Waals surface area contributed by atoms with Crippen molar-refractivity contribution >= 4 is 12.1 Å². The first-order chi connectivity index (χ1) is 14.0. The molecule has 1 saturated carbocycles. The molecule has 4 rings (SSSR count). The molecular formula is C26H40O3. The van der Waals surface area contributed by atoms with E-state index in [-0.39, 0.29) is 5.41 Å². The SMILES string of the molecule is C=C.CC.CCC=O.COC1CCC2C3C=CC4=CC(=O)CCC4(C)C3=CCC12. The second-order valence-electron chi connectivity index (χ2n) is 7.93. The van der Waals surface area contributed by atoms with Gasteiger partial charge in [-0.1, -0.05) is 51.5 Å². The normalized spacial score (nSPS) is 33.5. The van der Waals surface area contributed by atoms with Crippen molar-refractivity contribution in [3.05, 3.63) is 48.6 Å². The Hall–Kier alpha value is -1.74. The summed E-state index contributed by atoms with van der Waals surface area (Å²) in [6.45, 7) is 14.2. The third-order valence-corrected chi connectivity index (χ3v) is 6.66. The van der Waals surface area contributed by atoms with Crippen LogP contribution >= 0.6 is 0 Å². The number of hydrogen-bond donors (Lipinski definition) is 0. The number of carbonyl (C=O) groups is 2. The number of fused-ring (bicyclic) bond motifs is 5. The largest absolute Gasteiger partial charge is 0.381 e. The molecule has 0 heterocycles. The monoisotopic (exact) mass is 400 g/mol. The molecule has 0 spiro atoms. The van der Waals surface area contributed by atoms with Gasteiger partial charge in [0.15, 0.2) is 5.78 Å². The number of ether oxygens (including phenoxy) is 1.